The van der Waals surface area contributed by atoms with Crippen molar-refractivity contribution >= 4 is 17.4 Å². The van der Waals surface area contributed by atoms with Crippen molar-refractivity contribution in [2.24, 2.45) is 0 Å². The van der Waals surface area contributed by atoms with Gasteiger partial charge in [-0.15, -0.1) is 0 Å². The summed E-state index contributed by atoms with van der Waals surface area (Å²) in [7, 11) is 2.04. The molecule has 1 aromatic rings. The number of nitrogen functional groups attached to an aromatic ring is 1. The first-order valence-electron chi connectivity index (χ1n) is 6.79. The van der Waals surface area contributed by atoms with Crippen molar-refractivity contribution in [3.05, 3.63) is 27.9 Å². The summed E-state index contributed by atoms with van der Waals surface area (Å²) in [6.45, 7) is 2.97. The first-order chi connectivity index (χ1) is 9.88. The minimum absolute atomic E-state index is 0.0118. The van der Waals surface area contributed by atoms with Crippen LogP contribution < -0.4 is 11.1 Å². The van der Waals surface area contributed by atoms with Crippen molar-refractivity contribution in [3.63, 3.8) is 0 Å². The Morgan fingerprint density at radius 2 is 2.33 bits per heavy atom. The van der Waals surface area contributed by atoms with Crippen molar-refractivity contribution in [2.75, 3.05) is 19.3 Å². The van der Waals surface area contributed by atoms with Gasteiger partial charge >= 0.3 is 0 Å². The standard InChI is InChI=1S/C13H19N5O3/c1-8-5-9(3-4-17(8)2)16-13(19)10-6-12(14)15-7-11(10)18(20)21/h6-9H,3-5H2,1-2H3,(H2,14,15)(H,16,19). The third-order valence-corrected chi connectivity index (χ3v) is 3.89. The number of amides is 1. The van der Waals surface area contributed by atoms with Crippen LogP contribution in [0.15, 0.2) is 12.3 Å². The van der Waals surface area contributed by atoms with Gasteiger partial charge in [0.2, 0.25) is 0 Å². The van der Waals surface area contributed by atoms with E-state index in [-0.39, 0.29) is 23.1 Å². The number of pyridine rings is 1. The number of aromatic nitrogens is 1. The van der Waals surface area contributed by atoms with E-state index in [0.29, 0.717) is 6.04 Å². The number of nitro groups is 1. The average Bonchev–Trinajstić information content (AvgIpc) is 2.42. The Bertz CT molecular complexity index is 563. The van der Waals surface area contributed by atoms with Crippen LogP contribution in [-0.2, 0) is 0 Å². The highest BCUT2D eigenvalue weighted by molar-refractivity contribution is 5.98. The van der Waals surface area contributed by atoms with Crippen LogP contribution in [-0.4, -0.2) is 46.4 Å². The summed E-state index contributed by atoms with van der Waals surface area (Å²) in [5.74, 6) is -0.389. The number of rotatable bonds is 3. The fraction of sp³-hybridized carbons (Fsp3) is 0.538. The van der Waals surface area contributed by atoms with Gasteiger partial charge < -0.3 is 16.0 Å². The molecule has 0 radical (unpaired) electrons. The van der Waals surface area contributed by atoms with Gasteiger partial charge in [0.15, 0.2) is 0 Å². The molecule has 1 fully saturated rings. The summed E-state index contributed by atoms with van der Waals surface area (Å²) in [5, 5.41) is 13.8. The Kier molecular flexibility index (Phi) is 4.37. The van der Waals surface area contributed by atoms with Crippen LogP contribution in [0, 0.1) is 10.1 Å². The van der Waals surface area contributed by atoms with Crippen molar-refractivity contribution < 1.29 is 9.72 Å². The van der Waals surface area contributed by atoms with E-state index >= 15 is 0 Å². The number of nitrogens with one attached hydrogen (secondary N) is 1. The Balaban J connectivity index is 2.13. The third kappa shape index (κ3) is 3.46. The van der Waals surface area contributed by atoms with E-state index in [9.17, 15) is 14.9 Å². The summed E-state index contributed by atoms with van der Waals surface area (Å²) >= 11 is 0. The molecular weight excluding hydrogens is 274 g/mol. The molecule has 1 amide bonds. The largest absolute Gasteiger partial charge is 0.384 e. The van der Waals surface area contributed by atoms with Gasteiger partial charge in [-0.25, -0.2) is 4.98 Å². The maximum Gasteiger partial charge on any atom is 0.300 e. The average molecular weight is 293 g/mol. The van der Waals surface area contributed by atoms with Crippen LogP contribution in [0.25, 0.3) is 0 Å². The van der Waals surface area contributed by atoms with Crippen LogP contribution in [0.4, 0.5) is 11.5 Å². The number of carbonyl (C=O) groups excluding carboxylic acids is 1. The molecule has 2 rings (SSSR count). The van der Waals surface area contributed by atoms with Gasteiger partial charge in [-0.2, -0.15) is 0 Å². The molecule has 2 atom stereocenters. The molecular formula is C13H19N5O3. The number of hydrogen-bond acceptors (Lipinski definition) is 6. The minimum atomic E-state index is -0.626. The monoisotopic (exact) mass is 293 g/mol. The maximum absolute atomic E-state index is 12.3. The second-order valence-electron chi connectivity index (χ2n) is 5.41. The number of hydrogen-bond donors (Lipinski definition) is 2. The van der Waals surface area contributed by atoms with Crippen LogP contribution >= 0.6 is 0 Å². The van der Waals surface area contributed by atoms with Gasteiger partial charge in [0.05, 0.1) is 4.92 Å². The van der Waals surface area contributed by atoms with Gasteiger partial charge in [0.25, 0.3) is 11.6 Å². The van der Waals surface area contributed by atoms with E-state index in [0.717, 1.165) is 25.6 Å². The van der Waals surface area contributed by atoms with Gasteiger partial charge in [0.1, 0.15) is 17.6 Å². The summed E-state index contributed by atoms with van der Waals surface area (Å²) < 4.78 is 0. The molecule has 0 saturated carbocycles. The molecule has 1 aliphatic heterocycles. The van der Waals surface area contributed by atoms with Crippen LogP contribution in [0.5, 0.6) is 0 Å². The summed E-state index contributed by atoms with van der Waals surface area (Å²) in [4.78, 5) is 28.5. The van der Waals surface area contributed by atoms with Crippen LogP contribution in [0.3, 0.4) is 0 Å². The molecule has 1 aromatic heterocycles. The number of carbonyl (C=O) groups is 1. The topological polar surface area (TPSA) is 114 Å². The number of anilines is 1. The zero-order chi connectivity index (χ0) is 15.6. The highest BCUT2D eigenvalue weighted by atomic mass is 16.6. The predicted octanol–water partition coefficient (Wildman–Crippen LogP) is 0.784. The van der Waals surface area contributed by atoms with Crippen LogP contribution in [0.2, 0.25) is 0 Å². The van der Waals surface area contributed by atoms with Gasteiger partial charge in [-0.05, 0) is 32.9 Å². The molecule has 2 unspecified atom stereocenters. The fourth-order valence-corrected chi connectivity index (χ4v) is 2.48. The van der Waals surface area contributed by atoms with Crippen molar-refractivity contribution in [3.8, 4) is 0 Å². The maximum atomic E-state index is 12.3. The molecule has 1 aliphatic rings. The SMILES string of the molecule is CC1CC(NC(=O)c2cc(N)ncc2[N+](=O)[O-])CCN1C. The lowest BCUT2D eigenvalue weighted by Gasteiger charge is -2.35. The number of nitrogens with zero attached hydrogens (tertiary/aromatic N) is 3. The third-order valence-electron chi connectivity index (χ3n) is 3.89. The van der Waals surface area contributed by atoms with Crippen molar-refractivity contribution in [1.82, 2.24) is 15.2 Å². The molecule has 0 aliphatic carbocycles. The molecule has 0 bridgehead atoms. The molecule has 8 heteroatoms. The Labute approximate surface area is 122 Å². The Hall–Kier alpha value is -2.22. The van der Waals surface area contributed by atoms with E-state index in [1.165, 1.54) is 6.07 Å². The normalized spacial score (nSPS) is 22.8. The molecule has 0 spiro atoms. The van der Waals surface area contributed by atoms with E-state index < -0.39 is 10.8 Å². The van der Waals surface area contributed by atoms with Gasteiger partial charge in [-0.1, -0.05) is 0 Å². The molecule has 114 valence electrons. The second-order valence-corrected chi connectivity index (χ2v) is 5.41. The molecule has 21 heavy (non-hydrogen) atoms. The summed E-state index contributed by atoms with van der Waals surface area (Å²) in [6, 6.07) is 1.62. The van der Waals surface area contributed by atoms with Crippen molar-refractivity contribution in [1.29, 1.82) is 0 Å². The van der Waals surface area contributed by atoms with E-state index in [1.54, 1.807) is 0 Å². The van der Waals surface area contributed by atoms with Crippen LogP contribution in [0.1, 0.15) is 30.1 Å². The molecule has 8 nitrogen and oxygen atoms in total. The summed E-state index contributed by atoms with van der Waals surface area (Å²) in [6.07, 6.45) is 2.65. The number of nitrogens with two attached hydrogens (primary N) is 1. The minimum Gasteiger partial charge on any atom is -0.384 e. The zero-order valence-corrected chi connectivity index (χ0v) is 12.1. The second kappa shape index (κ2) is 6.04. The lowest BCUT2D eigenvalue weighted by Crippen LogP contribution is -2.47. The molecule has 2 heterocycles. The van der Waals surface area contributed by atoms with E-state index in [2.05, 4.69) is 22.1 Å². The molecule has 1 saturated heterocycles. The Morgan fingerprint density at radius 1 is 1.62 bits per heavy atom. The van der Waals surface area contributed by atoms with E-state index in [1.807, 2.05) is 7.05 Å². The van der Waals surface area contributed by atoms with Gasteiger partial charge in [-0.3, -0.25) is 14.9 Å². The lowest BCUT2D eigenvalue weighted by molar-refractivity contribution is -0.385. The molecule has 3 N–H and O–H groups in total. The summed E-state index contributed by atoms with van der Waals surface area (Å²) in [5.41, 5.74) is 5.15. The lowest BCUT2D eigenvalue weighted by atomic mass is 9.98. The molecule has 0 aromatic carbocycles. The smallest absolute Gasteiger partial charge is 0.300 e. The number of piperidine rings is 1. The van der Waals surface area contributed by atoms with E-state index in [4.69, 9.17) is 5.73 Å². The number of likely N-dealkylation sites (tertiary alicyclic amines) is 1. The Morgan fingerprint density at radius 3 is 2.95 bits per heavy atom. The zero-order valence-electron chi connectivity index (χ0n) is 12.1. The quantitative estimate of drug-likeness (QED) is 0.629. The predicted molar refractivity (Wildman–Crippen MR) is 77.9 cm³/mol. The first kappa shape index (κ1) is 15.2. The highest BCUT2D eigenvalue weighted by Crippen LogP contribution is 2.21. The fourth-order valence-electron chi connectivity index (χ4n) is 2.48. The van der Waals surface area contributed by atoms with Crippen molar-refractivity contribution in [2.45, 2.75) is 31.8 Å². The van der Waals surface area contributed by atoms with Gasteiger partial charge in [0, 0.05) is 18.6 Å². The first-order valence-corrected chi connectivity index (χ1v) is 6.79. The highest BCUT2D eigenvalue weighted by Gasteiger charge is 2.27.